The van der Waals surface area contributed by atoms with Gasteiger partial charge in [0.15, 0.2) is 0 Å². The smallest absolute Gasteiger partial charge is 0.0595 e. The fraction of sp³-hybridized carbons (Fsp3) is 0.500. The third-order valence-corrected chi connectivity index (χ3v) is 3.92. The van der Waals surface area contributed by atoms with Crippen molar-refractivity contribution in [1.82, 2.24) is 10.6 Å². The maximum Gasteiger partial charge on any atom is 0.0595 e. The van der Waals surface area contributed by atoms with Crippen molar-refractivity contribution in [3.8, 4) is 0 Å². The molecular weight excluding hydrogens is 243 g/mol. The van der Waals surface area contributed by atoms with Crippen LogP contribution >= 0.6 is 23.2 Å². The summed E-state index contributed by atoms with van der Waals surface area (Å²) in [6.45, 7) is 2.16. The Morgan fingerprint density at radius 3 is 2.75 bits per heavy atom. The lowest BCUT2D eigenvalue weighted by atomic mass is 9.92. The number of rotatable bonds is 3. The van der Waals surface area contributed by atoms with E-state index in [0.29, 0.717) is 22.0 Å². The van der Waals surface area contributed by atoms with Crippen molar-refractivity contribution in [3.63, 3.8) is 0 Å². The van der Waals surface area contributed by atoms with Gasteiger partial charge in [-0.05, 0) is 50.2 Å². The minimum absolute atomic E-state index is 0.352. The Morgan fingerprint density at radius 1 is 1.38 bits per heavy atom. The molecule has 0 spiro atoms. The maximum atomic E-state index is 6.05. The second kappa shape index (κ2) is 5.37. The number of benzene rings is 1. The highest BCUT2D eigenvalue weighted by Gasteiger charge is 2.25. The van der Waals surface area contributed by atoms with E-state index < -0.39 is 0 Å². The van der Waals surface area contributed by atoms with Crippen LogP contribution in [0.4, 0.5) is 0 Å². The number of nitrogens with one attached hydrogen (secondary N) is 2. The molecule has 0 radical (unpaired) electrons. The van der Waals surface area contributed by atoms with Crippen molar-refractivity contribution in [2.24, 2.45) is 5.92 Å². The fourth-order valence-corrected chi connectivity index (χ4v) is 2.65. The van der Waals surface area contributed by atoms with Crippen molar-refractivity contribution < 1.29 is 0 Å². The van der Waals surface area contributed by atoms with Crippen LogP contribution in [0.3, 0.4) is 0 Å². The highest BCUT2D eigenvalue weighted by molar-refractivity contribution is 6.42. The van der Waals surface area contributed by atoms with Crippen molar-refractivity contribution in [2.45, 2.75) is 12.5 Å². The van der Waals surface area contributed by atoms with Gasteiger partial charge >= 0.3 is 0 Å². The molecule has 2 N–H and O–H groups in total. The van der Waals surface area contributed by atoms with Crippen LogP contribution in [0.1, 0.15) is 18.0 Å². The fourth-order valence-electron chi connectivity index (χ4n) is 2.34. The van der Waals surface area contributed by atoms with Crippen LogP contribution in [-0.2, 0) is 0 Å². The molecule has 2 atom stereocenters. The minimum atomic E-state index is 0.352. The molecule has 4 heteroatoms. The molecule has 1 aliphatic rings. The van der Waals surface area contributed by atoms with E-state index in [1.165, 1.54) is 12.0 Å². The Balaban J connectivity index is 2.22. The zero-order chi connectivity index (χ0) is 11.5. The van der Waals surface area contributed by atoms with Gasteiger partial charge in [-0.25, -0.2) is 0 Å². The van der Waals surface area contributed by atoms with Crippen LogP contribution in [0, 0.1) is 5.92 Å². The SMILES string of the molecule is CNC(c1ccc(Cl)c(Cl)c1)C1CCNC1. The van der Waals surface area contributed by atoms with Crippen LogP contribution in [-0.4, -0.2) is 20.1 Å². The predicted molar refractivity (Wildman–Crippen MR) is 69.2 cm³/mol. The van der Waals surface area contributed by atoms with E-state index >= 15 is 0 Å². The normalized spacial score (nSPS) is 22.3. The van der Waals surface area contributed by atoms with Crippen LogP contribution in [0.25, 0.3) is 0 Å². The summed E-state index contributed by atoms with van der Waals surface area (Å²) in [5.41, 5.74) is 1.21. The molecule has 0 bridgehead atoms. The second-order valence-corrected chi connectivity index (χ2v) is 5.01. The summed E-state index contributed by atoms with van der Waals surface area (Å²) in [6.07, 6.45) is 1.20. The first kappa shape index (κ1) is 12.2. The largest absolute Gasteiger partial charge is 0.316 e. The van der Waals surface area contributed by atoms with E-state index in [1.54, 1.807) is 0 Å². The summed E-state index contributed by atoms with van der Waals surface area (Å²) in [4.78, 5) is 0. The van der Waals surface area contributed by atoms with Gasteiger partial charge in [0.1, 0.15) is 0 Å². The lowest BCUT2D eigenvalue weighted by Gasteiger charge is -2.23. The number of hydrogen-bond acceptors (Lipinski definition) is 2. The van der Waals surface area contributed by atoms with Crippen LogP contribution in [0.2, 0.25) is 10.0 Å². The third kappa shape index (κ3) is 2.51. The lowest BCUT2D eigenvalue weighted by molar-refractivity contribution is 0.410. The Kier molecular flexibility index (Phi) is 4.09. The Morgan fingerprint density at radius 2 is 2.19 bits per heavy atom. The van der Waals surface area contributed by atoms with Crippen molar-refractivity contribution >= 4 is 23.2 Å². The van der Waals surface area contributed by atoms with Gasteiger partial charge in [-0.3, -0.25) is 0 Å². The van der Waals surface area contributed by atoms with Gasteiger partial charge in [0.25, 0.3) is 0 Å². The highest BCUT2D eigenvalue weighted by Crippen LogP contribution is 2.30. The van der Waals surface area contributed by atoms with E-state index in [4.69, 9.17) is 23.2 Å². The number of halogens is 2. The summed E-state index contributed by atoms with van der Waals surface area (Å²) in [7, 11) is 1.99. The molecule has 1 heterocycles. The first-order chi connectivity index (χ1) is 7.72. The molecule has 2 rings (SSSR count). The van der Waals surface area contributed by atoms with Crippen molar-refractivity contribution in [2.75, 3.05) is 20.1 Å². The van der Waals surface area contributed by atoms with Crippen LogP contribution in [0.15, 0.2) is 18.2 Å². The molecule has 0 amide bonds. The third-order valence-electron chi connectivity index (χ3n) is 3.18. The van der Waals surface area contributed by atoms with Gasteiger partial charge in [0.2, 0.25) is 0 Å². The van der Waals surface area contributed by atoms with Gasteiger partial charge in [-0.2, -0.15) is 0 Å². The molecule has 1 fully saturated rings. The summed E-state index contributed by atoms with van der Waals surface area (Å²) in [6, 6.07) is 6.23. The average Bonchev–Trinajstić information content (AvgIpc) is 2.78. The van der Waals surface area contributed by atoms with Gasteiger partial charge in [0.05, 0.1) is 10.0 Å². The van der Waals surface area contributed by atoms with E-state index in [9.17, 15) is 0 Å². The molecule has 1 saturated heterocycles. The van der Waals surface area contributed by atoms with Gasteiger partial charge in [-0.15, -0.1) is 0 Å². The molecule has 88 valence electrons. The van der Waals surface area contributed by atoms with Gasteiger partial charge in [0, 0.05) is 6.04 Å². The van der Waals surface area contributed by atoms with E-state index in [2.05, 4.69) is 10.6 Å². The van der Waals surface area contributed by atoms with Crippen molar-refractivity contribution in [3.05, 3.63) is 33.8 Å². The molecule has 2 nitrogen and oxygen atoms in total. The first-order valence-corrected chi connectivity index (χ1v) is 6.31. The summed E-state index contributed by atoms with van der Waals surface area (Å²) in [5, 5.41) is 7.99. The molecule has 0 aromatic heterocycles. The molecule has 1 aromatic rings. The Bertz CT molecular complexity index is 362. The van der Waals surface area contributed by atoms with E-state index in [-0.39, 0.29) is 0 Å². The summed E-state index contributed by atoms with van der Waals surface area (Å²) >= 11 is 12.0. The monoisotopic (exact) mass is 258 g/mol. The average molecular weight is 259 g/mol. The molecule has 0 saturated carbocycles. The molecule has 2 unspecified atom stereocenters. The van der Waals surface area contributed by atoms with E-state index in [1.807, 2.05) is 25.2 Å². The van der Waals surface area contributed by atoms with Crippen molar-refractivity contribution in [1.29, 1.82) is 0 Å². The summed E-state index contributed by atoms with van der Waals surface area (Å²) in [5.74, 6) is 0.627. The molecule has 1 aliphatic heterocycles. The maximum absolute atomic E-state index is 6.05. The predicted octanol–water partition coefficient (Wildman–Crippen LogP) is 2.86. The minimum Gasteiger partial charge on any atom is -0.316 e. The second-order valence-electron chi connectivity index (χ2n) is 4.19. The molecular formula is C12H16Cl2N2. The molecule has 16 heavy (non-hydrogen) atoms. The quantitative estimate of drug-likeness (QED) is 0.872. The van der Waals surface area contributed by atoms with Gasteiger partial charge in [-0.1, -0.05) is 29.3 Å². The molecule has 0 aliphatic carbocycles. The first-order valence-electron chi connectivity index (χ1n) is 5.55. The Labute approximate surface area is 106 Å². The zero-order valence-electron chi connectivity index (χ0n) is 9.26. The standard InChI is InChI=1S/C12H16Cl2N2/c1-15-12(9-4-5-16-7-9)8-2-3-10(13)11(14)6-8/h2-3,6,9,12,15-16H,4-5,7H2,1H3. The van der Waals surface area contributed by atoms with Gasteiger partial charge < -0.3 is 10.6 Å². The van der Waals surface area contributed by atoms with E-state index in [0.717, 1.165) is 13.1 Å². The molecule has 1 aromatic carbocycles. The highest BCUT2D eigenvalue weighted by atomic mass is 35.5. The topological polar surface area (TPSA) is 24.1 Å². The zero-order valence-corrected chi connectivity index (χ0v) is 10.8. The van der Waals surface area contributed by atoms with Crippen LogP contribution < -0.4 is 10.6 Å². The summed E-state index contributed by atoms with van der Waals surface area (Å²) < 4.78 is 0. The Hall–Kier alpha value is -0.280. The van der Waals surface area contributed by atoms with Crippen LogP contribution in [0.5, 0.6) is 0 Å². The lowest BCUT2D eigenvalue weighted by Crippen LogP contribution is -2.26. The number of hydrogen-bond donors (Lipinski definition) is 2.